The van der Waals surface area contributed by atoms with Crippen LogP contribution in [-0.4, -0.2) is 4.57 Å². The lowest BCUT2D eigenvalue weighted by Gasteiger charge is -2.28. The van der Waals surface area contributed by atoms with E-state index in [0.717, 1.165) is 57.1 Å². The molecule has 0 saturated carbocycles. The van der Waals surface area contributed by atoms with Crippen LogP contribution >= 0.6 is 0 Å². The molecule has 0 radical (unpaired) electrons. The van der Waals surface area contributed by atoms with Gasteiger partial charge in [-0.15, -0.1) is 12.8 Å². The van der Waals surface area contributed by atoms with Crippen LogP contribution in [0.15, 0.2) is 273 Å². The molecule has 2 heteroatoms. The quantitative estimate of drug-likeness (QED) is 0.0691. The largest absolute Gasteiger partial charge is 0.312 e. The van der Waals surface area contributed by atoms with Gasteiger partial charge in [-0.1, -0.05) is 260 Å². The zero-order chi connectivity index (χ0) is 61.8. The molecule has 0 saturated heterocycles. The number of allylic oxidation sites excluding steroid dienone is 20. The Balaban J connectivity index is 0.00000149. The summed E-state index contributed by atoms with van der Waals surface area (Å²) in [6.45, 7) is 16.7. The number of hydrogen-bond donors (Lipinski definition) is 0. The van der Waals surface area contributed by atoms with E-state index >= 15 is 0 Å². The Kier molecular flexibility index (Phi) is 22.2. The van der Waals surface area contributed by atoms with Crippen LogP contribution in [0, 0.1) is 12.8 Å². The van der Waals surface area contributed by atoms with Crippen molar-refractivity contribution in [1.82, 2.24) is 4.57 Å². The molecule has 0 unspecified atom stereocenters. The van der Waals surface area contributed by atoms with Gasteiger partial charge in [0.05, 0.1) is 16.7 Å². The van der Waals surface area contributed by atoms with Crippen LogP contribution in [0.2, 0.25) is 0 Å². The van der Waals surface area contributed by atoms with E-state index in [2.05, 4.69) is 317 Å². The summed E-state index contributed by atoms with van der Waals surface area (Å²) in [5, 5.41) is 2.46. The Hall–Kier alpha value is -9.68. The van der Waals surface area contributed by atoms with Crippen molar-refractivity contribution in [2.45, 2.75) is 107 Å². The normalized spacial score (nSPS) is 14.5. The maximum absolute atomic E-state index is 4.00. The molecule has 1 aliphatic heterocycles. The second-order valence-electron chi connectivity index (χ2n) is 21.7. The standard InChI is InChI=1S/C80H72N2.2C2H6.C2H2/c1-5-9-10-16-30-57-49-68(62-35-21-13-22-36-62)51-71(50-57)82-78(74(64-37-23-14-24-38-64)52-58(8-4)60-31-17-11-18-32-60)56-67-41-27-42-72(79(67)82)66-45-48-73-76-54-69(59(28-6-2)29-7-3)53-75(65-39-25-15-26-40-65)80(76)81(77(73)55-66)70-46-43-63(44-47-70)61-33-19-12-20-34-61;3*1-2/h5-6,9-11,14-19,21,23-29,31-55H,7-8,12-13,20,22,30,56H2,1-4H3;2*1-2H3;1-2H/b9-5-,16-10-,28-6-,58-52+,59-29+,78-74-;;;. The lowest BCUT2D eigenvalue weighted by atomic mass is 9.94. The molecule has 0 fully saturated rings. The summed E-state index contributed by atoms with van der Waals surface area (Å²) in [6.07, 6.45) is 47.7. The molecule has 0 spiro atoms. The van der Waals surface area contributed by atoms with Gasteiger partial charge >= 0.3 is 0 Å². The van der Waals surface area contributed by atoms with Crippen molar-refractivity contribution in [3.63, 3.8) is 0 Å². The number of anilines is 2. The van der Waals surface area contributed by atoms with Crippen LogP contribution in [0.4, 0.5) is 11.4 Å². The van der Waals surface area contributed by atoms with Crippen molar-refractivity contribution < 1.29 is 0 Å². The molecule has 440 valence electrons. The van der Waals surface area contributed by atoms with Crippen molar-refractivity contribution in [3.05, 3.63) is 312 Å². The first-order chi connectivity index (χ1) is 43.5. The third-order valence-electron chi connectivity index (χ3n) is 16.4. The predicted octanol–water partition coefficient (Wildman–Crippen LogP) is 24.5. The zero-order valence-corrected chi connectivity index (χ0v) is 53.1. The lowest BCUT2D eigenvalue weighted by molar-refractivity contribution is 1.04. The fraction of sp³-hybridized carbons (Fsp3) is 0.186. The summed E-state index contributed by atoms with van der Waals surface area (Å²) < 4.78 is 2.55. The molecular formula is C86H86N2. The molecule has 0 N–H and O–H groups in total. The molecule has 2 aliphatic carbocycles. The van der Waals surface area contributed by atoms with E-state index in [9.17, 15) is 0 Å². The Labute approximate surface area is 526 Å². The number of benzene rings is 8. The molecule has 2 nitrogen and oxygen atoms in total. The second kappa shape index (κ2) is 31.1. The zero-order valence-electron chi connectivity index (χ0n) is 53.1. The number of para-hydroxylation sites is 1. The van der Waals surface area contributed by atoms with Crippen molar-refractivity contribution in [2.75, 3.05) is 4.90 Å². The van der Waals surface area contributed by atoms with E-state index in [1.54, 1.807) is 0 Å². The molecule has 88 heavy (non-hydrogen) atoms. The summed E-state index contributed by atoms with van der Waals surface area (Å²) in [6, 6.07) is 68.9. The molecule has 1 aromatic heterocycles. The van der Waals surface area contributed by atoms with E-state index in [4.69, 9.17) is 0 Å². The van der Waals surface area contributed by atoms with Crippen LogP contribution in [0.25, 0.3) is 77.6 Å². The van der Waals surface area contributed by atoms with Crippen molar-refractivity contribution >= 4 is 61.0 Å². The van der Waals surface area contributed by atoms with Crippen LogP contribution < -0.4 is 4.90 Å². The van der Waals surface area contributed by atoms with E-state index in [0.29, 0.717) is 0 Å². The maximum atomic E-state index is 4.00. The van der Waals surface area contributed by atoms with Gasteiger partial charge in [0.15, 0.2) is 0 Å². The monoisotopic (exact) mass is 1150 g/mol. The van der Waals surface area contributed by atoms with Crippen LogP contribution in [0.1, 0.15) is 133 Å². The highest BCUT2D eigenvalue weighted by molar-refractivity contribution is 6.16. The highest BCUT2D eigenvalue weighted by Gasteiger charge is 2.32. The molecule has 0 bridgehead atoms. The lowest BCUT2D eigenvalue weighted by Crippen LogP contribution is -2.15. The first-order valence-electron chi connectivity index (χ1n) is 32.1. The fourth-order valence-electron chi connectivity index (χ4n) is 12.5. The number of hydrogen-bond acceptors (Lipinski definition) is 1. The van der Waals surface area contributed by atoms with Gasteiger partial charge in [0.2, 0.25) is 0 Å². The van der Waals surface area contributed by atoms with Crippen molar-refractivity contribution in [3.8, 4) is 40.8 Å². The molecule has 12 rings (SSSR count). The van der Waals surface area contributed by atoms with Crippen LogP contribution in [0.5, 0.6) is 0 Å². The third kappa shape index (κ3) is 13.8. The van der Waals surface area contributed by atoms with E-state index in [-0.39, 0.29) is 0 Å². The van der Waals surface area contributed by atoms with Gasteiger partial charge in [-0.3, -0.25) is 0 Å². The molecular weight excluding hydrogens is 1060 g/mol. The molecule has 0 amide bonds. The Morgan fingerprint density at radius 2 is 1.19 bits per heavy atom. The Morgan fingerprint density at radius 1 is 0.534 bits per heavy atom. The average molecular weight is 1150 g/mol. The SMILES string of the molecule is C#C.C/C=C\C=C/Cc1cc(C2=CCCC=C2)cc(N2/C(=C(/C=C(\CC)c3ccccc3)c3ccccc3)Cc3cccc(-c4ccc5c6cc(C(/C=C\C)=C/CC)cc(-c7ccccc7)c6n(-c6ccc(C7=CCCC=C7)cc6)c5c4)c32)c1.CC.CC. The smallest absolute Gasteiger partial charge is 0.0619 e. The Bertz CT molecular complexity index is 4190. The molecule has 2 heterocycles. The number of fused-ring (bicyclic) bond motifs is 4. The minimum absolute atomic E-state index is 0.766. The van der Waals surface area contributed by atoms with Gasteiger partial charge in [0.1, 0.15) is 0 Å². The first kappa shape index (κ1) is 62.8. The van der Waals surface area contributed by atoms with Gasteiger partial charge in [-0.05, 0) is 180 Å². The summed E-state index contributed by atoms with van der Waals surface area (Å²) in [7, 11) is 0. The Morgan fingerprint density at radius 3 is 1.83 bits per heavy atom. The molecule has 8 aromatic carbocycles. The summed E-state index contributed by atoms with van der Waals surface area (Å²) in [4.78, 5) is 2.65. The number of rotatable bonds is 16. The molecule has 3 aliphatic rings. The van der Waals surface area contributed by atoms with E-state index < -0.39 is 0 Å². The van der Waals surface area contributed by atoms with E-state index in [1.807, 2.05) is 27.7 Å². The summed E-state index contributed by atoms with van der Waals surface area (Å²) in [5.41, 5.74) is 27.1. The summed E-state index contributed by atoms with van der Waals surface area (Å²) >= 11 is 0. The predicted molar refractivity (Wildman–Crippen MR) is 388 cm³/mol. The van der Waals surface area contributed by atoms with E-state index in [1.165, 1.54) is 128 Å². The topological polar surface area (TPSA) is 8.17 Å². The number of nitrogens with zero attached hydrogens (tertiary/aromatic N) is 2. The number of aromatic nitrogens is 1. The molecule has 9 aromatic rings. The average Bonchev–Trinajstić information content (AvgIpc) is 1.86. The van der Waals surface area contributed by atoms with Gasteiger partial charge < -0.3 is 9.47 Å². The summed E-state index contributed by atoms with van der Waals surface area (Å²) in [5.74, 6) is 0. The minimum Gasteiger partial charge on any atom is -0.312 e. The van der Waals surface area contributed by atoms with Gasteiger partial charge in [-0.2, -0.15) is 0 Å². The second-order valence-corrected chi connectivity index (χ2v) is 21.7. The van der Waals surface area contributed by atoms with Crippen LogP contribution in [-0.2, 0) is 12.8 Å². The number of terminal acetylenes is 1. The molecule has 0 atom stereocenters. The highest BCUT2D eigenvalue weighted by atomic mass is 15.2. The van der Waals surface area contributed by atoms with Crippen molar-refractivity contribution in [2.24, 2.45) is 0 Å². The minimum atomic E-state index is 0.766. The fourth-order valence-corrected chi connectivity index (χ4v) is 12.5. The van der Waals surface area contributed by atoms with Gasteiger partial charge in [-0.25, -0.2) is 0 Å². The van der Waals surface area contributed by atoms with Gasteiger partial charge in [0, 0.05) is 51.0 Å². The maximum Gasteiger partial charge on any atom is 0.0619 e. The van der Waals surface area contributed by atoms with Gasteiger partial charge in [0.25, 0.3) is 0 Å². The first-order valence-corrected chi connectivity index (χ1v) is 32.1. The van der Waals surface area contributed by atoms with Crippen LogP contribution in [0.3, 0.4) is 0 Å². The third-order valence-corrected chi connectivity index (χ3v) is 16.4. The highest BCUT2D eigenvalue weighted by Crippen LogP contribution is 2.51. The van der Waals surface area contributed by atoms with Crippen molar-refractivity contribution in [1.29, 1.82) is 0 Å².